The van der Waals surface area contributed by atoms with E-state index in [-0.39, 0.29) is 5.57 Å². The van der Waals surface area contributed by atoms with Crippen LogP contribution in [-0.2, 0) is 19.1 Å². The topological polar surface area (TPSA) is 64.6 Å². The van der Waals surface area contributed by atoms with Gasteiger partial charge in [0.05, 0.1) is 24.9 Å². The molecule has 0 fully saturated rings. The molecule has 102 valence electrons. The first-order chi connectivity index (χ1) is 9.01. The fraction of sp³-hybridized carbons (Fsp3) is 0.231. The van der Waals surface area contributed by atoms with E-state index in [4.69, 9.17) is 11.6 Å². The summed E-state index contributed by atoms with van der Waals surface area (Å²) in [7, 11) is 2.38. The second-order valence-corrected chi connectivity index (χ2v) is 4.00. The van der Waals surface area contributed by atoms with E-state index in [1.54, 1.807) is 31.2 Å². The van der Waals surface area contributed by atoms with Gasteiger partial charge in [0.2, 0.25) is 0 Å². The summed E-state index contributed by atoms with van der Waals surface area (Å²) in [6, 6.07) is 6.96. The number of methoxy groups -OCH3 is 2. The Labute approximate surface area is 116 Å². The lowest BCUT2D eigenvalue weighted by Gasteiger charge is -2.12. The third kappa shape index (κ3) is 3.72. The van der Waals surface area contributed by atoms with E-state index in [1.807, 2.05) is 0 Å². The van der Waals surface area contributed by atoms with Crippen molar-refractivity contribution in [3.8, 4) is 0 Å². The number of hydrogen-bond acceptors (Lipinski definition) is 5. The molecule has 0 unspecified atom stereocenters. The molecule has 19 heavy (non-hydrogen) atoms. The molecule has 0 atom stereocenters. The summed E-state index contributed by atoms with van der Waals surface area (Å²) in [6.45, 7) is 1.56. The van der Waals surface area contributed by atoms with Crippen LogP contribution in [0.3, 0.4) is 0 Å². The third-order valence-electron chi connectivity index (χ3n) is 2.35. The molecule has 0 radical (unpaired) electrons. The van der Waals surface area contributed by atoms with Crippen molar-refractivity contribution < 1.29 is 19.1 Å². The number of allylic oxidation sites excluding steroid dienone is 1. The highest BCUT2D eigenvalue weighted by atomic mass is 35.5. The van der Waals surface area contributed by atoms with Crippen LogP contribution in [0.2, 0.25) is 5.02 Å². The molecule has 1 rings (SSSR count). The Balaban J connectivity index is 3.13. The smallest absolute Gasteiger partial charge is 0.347 e. The molecule has 1 aromatic carbocycles. The van der Waals surface area contributed by atoms with E-state index in [0.717, 1.165) is 0 Å². The normalized spacial score (nSPS) is 9.47. The Morgan fingerprint density at radius 1 is 1.11 bits per heavy atom. The number of hydrogen-bond donors (Lipinski definition) is 1. The lowest BCUT2D eigenvalue weighted by Crippen LogP contribution is -2.20. The molecule has 0 saturated heterocycles. The summed E-state index contributed by atoms with van der Waals surface area (Å²) in [5.74, 6) is -1.55. The molecule has 0 aliphatic carbocycles. The Hall–Kier alpha value is -2.01. The summed E-state index contributed by atoms with van der Waals surface area (Å²) < 4.78 is 9.11. The molecule has 6 heteroatoms. The van der Waals surface area contributed by atoms with Crippen LogP contribution < -0.4 is 5.32 Å². The first-order valence-corrected chi connectivity index (χ1v) is 5.78. The molecular weight excluding hydrogens is 270 g/mol. The first kappa shape index (κ1) is 15.0. The number of ether oxygens (including phenoxy) is 2. The van der Waals surface area contributed by atoms with Crippen molar-refractivity contribution in [1.29, 1.82) is 0 Å². The number of esters is 2. The zero-order valence-corrected chi connectivity index (χ0v) is 11.6. The Morgan fingerprint density at radius 3 is 2.11 bits per heavy atom. The summed E-state index contributed by atoms with van der Waals surface area (Å²) in [5.41, 5.74) is 0.670. The molecule has 0 heterocycles. The van der Waals surface area contributed by atoms with Gasteiger partial charge >= 0.3 is 11.9 Å². The van der Waals surface area contributed by atoms with Gasteiger partial charge in [-0.25, -0.2) is 9.59 Å². The van der Waals surface area contributed by atoms with Gasteiger partial charge in [-0.05, 0) is 19.1 Å². The van der Waals surface area contributed by atoms with Crippen molar-refractivity contribution in [2.45, 2.75) is 6.92 Å². The van der Waals surface area contributed by atoms with Crippen LogP contribution in [0.15, 0.2) is 35.5 Å². The molecule has 0 saturated carbocycles. The molecule has 0 amide bonds. The summed E-state index contributed by atoms with van der Waals surface area (Å²) in [5, 5.41) is 3.36. The minimum atomic E-state index is -0.774. The van der Waals surface area contributed by atoms with Gasteiger partial charge in [-0.3, -0.25) is 0 Å². The zero-order chi connectivity index (χ0) is 14.4. The zero-order valence-electron chi connectivity index (χ0n) is 10.8. The van der Waals surface area contributed by atoms with Crippen LogP contribution >= 0.6 is 11.6 Å². The van der Waals surface area contributed by atoms with Crippen LogP contribution in [-0.4, -0.2) is 26.2 Å². The average Bonchev–Trinajstić information content (AvgIpc) is 2.41. The van der Waals surface area contributed by atoms with Crippen LogP contribution in [0.5, 0.6) is 0 Å². The van der Waals surface area contributed by atoms with E-state index < -0.39 is 11.9 Å². The van der Waals surface area contributed by atoms with E-state index in [1.165, 1.54) is 14.2 Å². The van der Waals surface area contributed by atoms with Crippen molar-refractivity contribution in [3.05, 3.63) is 40.6 Å². The van der Waals surface area contributed by atoms with Crippen molar-refractivity contribution in [1.82, 2.24) is 0 Å². The predicted octanol–water partition coefficient (Wildman–Crippen LogP) is 2.37. The van der Waals surface area contributed by atoms with Crippen LogP contribution in [0.25, 0.3) is 0 Å². The molecule has 0 aliphatic rings. The minimum Gasteiger partial charge on any atom is -0.465 e. The van der Waals surface area contributed by atoms with Crippen molar-refractivity contribution in [2.24, 2.45) is 0 Å². The minimum absolute atomic E-state index is 0.204. The molecule has 5 nitrogen and oxygen atoms in total. The van der Waals surface area contributed by atoms with Gasteiger partial charge < -0.3 is 14.8 Å². The van der Waals surface area contributed by atoms with E-state index in [9.17, 15) is 9.59 Å². The number of rotatable bonds is 4. The Kier molecular flexibility index (Phi) is 5.38. The highest BCUT2D eigenvalue weighted by Gasteiger charge is 2.23. The Morgan fingerprint density at radius 2 is 1.63 bits per heavy atom. The highest BCUT2D eigenvalue weighted by molar-refractivity contribution is 6.33. The van der Waals surface area contributed by atoms with E-state index >= 15 is 0 Å². The summed E-state index contributed by atoms with van der Waals surface area (Å²) in [6.07, 6.45) is 0. The van der Waals surface area contributed by atoms with Gasteiger partial charge in [-0.15, -0.1) is 0 Å². The number of carbonyl (C=O) groups excluding carboxylic acids is 2. The van der Waals surface area contributed by atoms with Gasteiger partial charge in [0.25, 0.3) is 0 Å². The highest BCUT2D eigenvalue weighted by Crippen LogP contribution is 2.23. The van der Waals surface area contributed by atoms with Gasteiger partial charge in [0.1, 0.15) is 0 Å². The van der Waals surface area contributed by atoms with Crippen molar-refractivity contribution in [2.75, 3.05) is 19.5 Å². The number of halogens is 1. The quantitative estimate of drug-likeness (QED) is 0.398. The van der Waals surface area contributed by atoms with Crippen molar-refractivity contribution in [3.63, 3.8) is 0 Å². The van der Waals surface area contributed by atoms with E-state index in [2.05, 4.69) is 14.8 Å². The predicted molar refractivity (Wildman–Crippen MR) is 71.8 cm³/mol. The molecular formula is C13H14ClNO4. The van der Waals surface area contributed by atoms with Gasteiger partial charge in [0.15, 0.2) is 5.57 Å². The molecule has 0 bridgehead atoms. The number of benzene rings is 1. The molecule has 0 aromatic heterocycles. The summed E-state index contributed by atoms with van der Waals surface area (Å²) >= 11 is 5.98. The average molecular weight is 284 g/mol. The lowest BCUT2D eigenvalue weighted by molar-refractivity contribution is -0.144. The monoisotopic (exact) mass is 283 g/mol. The molecule has 0 aliphatic heterocycles. The molecule has 1 aromatic rings. The van der Waals surface area contributed by atoms with Crippen LogP contribution in [0.1, 0.15) is 6.92 Å². The fourth-order valence-corrected chi connectivity index (χ4v) is 1.60. The second-order valence-electron chi connectivity index (χ2n) is 3.59. The maximum Gasteiger partial charge on any atom is 0.347 e. The van der Waals surface area contributed by atoms with E-state index in [0.29, 0.717) is 16.4 Å². The number of para-hydroxylation sites is 1. The maximum absolute atomic E-state index is 11.6. The largest absolute Gasteiger partial charge is 0.465 e. The van der Waals surface area contributed by atoms with Gasteiger partial charge in [-0.1, -0.05) is 23.7 Å². The van der Waals surface area contributed by atoms with Gasteiger partial charge in [0, 0.05) is 5.70 Å². The maximum atomic E-state index is 11.6. The molecule has 1 N–H and O–H groups in total. The lowest BCUT2D eigenvalue weighted by atomic mass is 10.2. The second kappa shape index (κ2) is 6.80. The fourth-order valence-electron chi connectivity index (χ4n) is 1.42. The van der Waals surface area contributed by atoms with Crippen molar-refractivity contribution >= 4 is 29.2 Å². The third-order valence-corrected chi connectivity index (χ3v) is 2.68. The van der Waals surface area contributed by atoms with Crippen LogP contribution in [0.4, 0.5) is 5.69 Å². The number of nitrogens with one attached hydrogen (secondary N) is 1. The first-order valence-electron chi connectivity index (χ1n) is 5.40. The number of carbonyl (C=O) groups is 2. The molecule has 0 spiro atoms. The van der Waals surface area contributed by atoms with Crippen LogP contribution in [0, 0.1) is 0 Å². The van der Waals surface area contributed by atoms with Gasteiger partial charge in [-0.2, -0.15) is 0 Å². The number of anilines is 1. The summed E-state index contributed by atoms with van der Waals surface area (Å²) in [4.78, 5) is 23.2. The Bertz CT molecular complexity index is 507. The standard InChI is InChI=1S/C13H14ClNO4/c1-8(11(12(16)18-2)13(17)19-3)15-10-7-5-4-6-9(10)14/h4-7,15H,1-3H3. The SMILES string of the molecule is COC(=O)C(C(=O)OC)=C(C)Nc1ccccc1Cl.